The van der Waals surface area contributed by atoms with E-state index >= 15 is 0 Å². The first-order valence-electron chi connectivity index (χ1n) is 5.73. The Morgan fingerprint density at radius 2 is 1.21 bits per heavy atom. The topological polar surface area (TPSA) is 40.5 Å². The fourth-order valence-corrected chi connectivity index (χ4v) is 1.96. The van der Waals surface area contributed by atoms with Gasteiger partial charge in [0, 0.05) is 11.4 Å². The van der Waals surface area contributed by atoms with Gasteiger partial charge in [0.25, 0.3) is 0 Å². The second-order valence-electron chi connectivity index (χ2n) is 4.05. The van der Waals surface area contributed by atoms with Crippen LogP contribution in [0.15, 0.2) is 72.8 Å². The maximum atomic E-state index is 3.40. The molecule has 3 aromatic carbocycles. The van der Waals surface area contributed by atoms with E-state index in [1.807, 2.05) is 18.2 Å². The molecule has 0 saturated heterocycles. The molecule has 0 aromatic heterocycles. The number of benzene rings is 3. The molecule has 0 bridgehead atoms. The molecule has 90 valence electrons. The van der Waals surface area contributed by atoms with Crippen LogP contribution in [0.4, 0.5) is 11.4 Å². The quantitative estimate of drug-likeness (QED) is 0.697. The van der Waals surface area contributed by atoms with Crippen LogP contribution >= 0.6 is 0 Å². The van der Waals surface area contributed by atoms with Gasteiger partial charge in [0.05, 0.1) is 0 Å². The number of para-hydroxylation sites is 1. The van der Waals surface area contributed by atoms with Gasteiger partial charge in [0.1, 0.15) is 0 Å². The molecule has 3 rings (SSSR count). The van der Waals surface area contributed by atoms with E-state index in [-0.39, 0.29) is 25.0 Å². The summed E-state index contributed by atoms with van der Waals surface area (Å²) in [5.74, 6) is 0. The van der Waals surface area contributed by atoms with Crippen LogP contribution in [-0.2, 0) is 25.0 Å². The van der Waals surface area contributed by atoms with E-state index in [9.17, 15) is 0 Å². The summed E-state index contributed by atoms with van der Waals surface area (Å²) in [5, 5.41) is 5.92. The molecule has 1 N–H and O–H groups in total. The molecular formula is C16H13NOZn. The standard InChI is InChI=1S/C16H13N.O.Zn/c1-2-8-15(9-3-1)17-16-11-10-13-6-4-5-7-14(13)12-16;;/h1-12,17H;;/q;-2;+2. The van der Waals surface area contributed by atoms with Crippen molar-refractivity contribution in [1.82, 2.24) is 0 Å². The number of fused-ring (bicyclic) bond motifs is 1. The minimum atomic E-state index is 0. The molecule has 3 heteroatoms. The smallest absolute Gasteiger partial charge is 2.00 e. The summed E-state index contributed by atoms with van der Waals surface area (Å²) in [6.45, 7) is 0. The van der Waals surface area contributed by atoms with Crippen LogP contribution < -0.4 is 5.32 Å². The van der Waals surface area contributed by atoms with E-state index < -0.39 is 0 Å². The van der Waals surface area contributed by atoms with Crippen molar-refractivity contribution in [2.75, 3.05) is 5.32 Å². The Bertz CT molecular complexity index is 640. The Balaban J connectivity index is 0.000000902. The number of hydrogen-bond donors (Lipinski definition) is 1. The Labute approximate surface area is 125 Å². The molecule has 0 atom stereocenters. The molecule has 0 heterocycles. The summed E-state index contributed by atoms with van der Waals surface area (Å²) >= 11 is 0. The third-order valence-electron chi connectivity index (χ3n) is 2.81. The zero-order chi connectivity index (χ0) is 11.5. The molecule has 2 nitrogen and oxygen atoms in total. The van der Waals surface area contributed by atoms with Crippen LogP contribution in [0.2, 0.25) is 0 Å². The summed E-state index contributed by atoms with van der Waals surface area (Å²) in [6.07, 6.45) is 0. The van der Waals surface area contributed by atoms with Crippen molar-refractivity contribution in [3.63, 3.8) is 0 Å². The summed E-state index contributed by atoms with van der Waals surface area (Å²) in [6, 6.07) is 25.0. The van der Waals surface area contributed by atoms with Crippen molar-refractivity contribution in [2.24, 2.45) is 0 Å². The molecule has 0 aliphatic rings. The third-order valence-corrected chi connectivity index (χ3v) is 2.81. The van der Waals surface area contributed by atoms with Crippen molar-refractivity contribution in [3.05, 3.63) is 72.8 Å². The van der Waals surface area contributed by atoms with Gasteiger partial charge < -0.3 is 10.8 Å². The van der Waals surface area contributed by atoms with Gasteiger partial charge in [-0.2, -0.15) is 0 Å². The van der Waals surface area contributed by atoms with E-state index in [1.165, 1.54) is 10.8 Å². The minimum absolute atomic E-state index is 0. The zero-order valence-electron chi connectivity index (χ0n) is 10.5. The molecule has 3 aromatic rings. The van der Waals surface area contributed by atoms with Crippen LogP contribution in [0.1, 0.15) is 0 Å². The molecule has 0 unspecified atom stereocenters. The molecule has 0 fully saturated rings. The van der Waals surface area contributed by atoms with Gasteiger partial charge in [0.15, 0.2) is 0 Å². The van der Waals surface area contributed by atoms with E-state index in [0.29, 0.717) is 0 Å². The predicted octanol–water partition coefficient (Wildman–Crippen LogP) is 4.46. The van der Waals surface area contributed by atoms with Crippen molar-refractivity contribution < 1.29 is 25.0 Å². The van der Waals surface area contributed by atoms with E-state index in [4.69, 9.17) is 0 Å². The first-order chi connectivity index (χ1) is 8.42. The SMILES string of the molecule is [O-2].[Zn+2].c1ccc(Nc2ccc3ccccc3c2)cc1. The van der Waals surface area contributed by atoms with Crippen molar-refractivity contribution in [2.45, 2.75) is 0 Å². The summed E-state index contributed by atoms with van der Waals surface area (Å²) in [7, 11) is 0. The summed E-state index contributed by atoms with van der Waals surface area (Å²) in [5.41, 5.74) is 2.23. The van der Waals surface area contributed by atoms with E-state index in [0.717, 1.165) is 11.4 Å². The largest absolute Gasteiger partial charge is 2.00 e. The van der Waals surface area contributed by atoms with Gasteiger partial charge in [-0.3, -0.25) is 0 Å². The molecule has 0 aliphatic heterocycles. The fraction of sp³-hybridized carbons (Fsp3) is 0. The number of hydrogen-bond acceptors (Lipinski definition) is 1. The minimum Gasteiger partial charge on any atom is -2.00 e. The Hall–Kier alpha value is -1.70. The van der Waals surface area contributed by atoms with Crippen LogP contribution in [0.3, 0.4) is 0 Å². The van der Waals surface area contributed by atoms with Crippen molar-refractivity contribution >= 4 is 22.1 Å². The molecule has 0 amide bonds. The summed E-state index contributed by atoms with van der Waals surface area (Å²) < 4.78 is 0. The maximum Gasteiger partial charge on any atom is 2.00 e. The first kappa shape index (κ1) is 15.4. The monoisotopic (exact) mass is 299 g/mol. The second-order valence-corrected chi connectivity index (χ2v) is 4.05. The predicted molar refractivity (Wildman–Crippen MR) is 74.4 cm³/mol. The third kappa shape index (κ3) is 3.63. The zero-order valence-corrected chi connectivity index (χ0v) is 13.5. The number of anilines is 2. The number of nitrogens with one attached hydrogen (secondary N) is 1. The maximum absolute atomic E-state index is 3.40. The van der Waals surface area contributed by atoms with Crippen LogP contribution in [0.25, 0.3) is 10.8 Å². The Morgan fingerprint density at radius 3 is 1.95 bits per heavy atom. The van der Waals surface area contributed by atoms with E-state index in [2.05, 4.69) is 59.9 Å². The molecular weight excluding hydrogens is 288 g/mol. The fourth-order valence-electron chi connectivity index (χ4n) is 1.96. The van der Waals surface area contributed by atoms with Crippen LogP contribution in [0, 0.1) is 0 Å². The normalized spacial score (nSPS) is 9.26. The van der Waals surface area contributed by atoms with Crippen molar-refractivity contribution in [3.8, 4) is 0 Å². The van der Waals surface area contributed by atoms with Crippen LogP contribution in [0.5, 0.6) is 0 Å². The van der Waals surface area contributed by atoms with E-state index in [1.54, 1.807) is 0 Å². The number of rotatable bonds is 2. The average molecular weight is 301 g/mol. The molecule has 0 spiro atoms. The van der Waals surface area contributed by atoms with Crippen LogP contribution in [-0.4, -0.2) is 0 Å². The van der Waals surface area contributed by atoms with Gasteiger partial charge in [0.2, 0.25) is 0 Å². The van der Waals surface area contributed by atoms with Gasteiger partial charge in [-0.15, -0.1) is 0 Å². The second kappa shape index (κ2) is 7.03. The average Bonchev–Trinajstić information content (AvgIpc) is 2.40. The molecule has 0 saturated carbocycles. The Morgan fingerprint density at radius 1 is 0.579 bits per heavy atom. The Kier molecular flexibility index (Phi) is 5.68. The molecule has 0 aliphatic carbocycles. The molecule has 19 heavy (non-hydrogen) atoms. The van der Waals surface area contributed by atoms with Crippen molar-refractivity contribution in [1.29, 1.82) is 0 Å². The van der Waals surface area contributed by atoms with Gasteiger partial charge in [-0.25, -0.2) is 0 Å². The van der Waals surface area contributed by atoms with Gasteiger partial charge in [-0.05, 0) is 35.0 Å². The first-order valence-corrected chi connectivity index (χ1v) is 5.73. The summed E-state index contributed by atoms with van der Waals surface area (Å²) in [4.78, 5) is 0. The van der Waals surface area contributed by atoms with Gasteiger partial charge in [-0.1, -0.05) is 48.5 Å². The van der Waals surface area contributed by atoms with Gasteiger partial charge >= 0.3 is 19.5 Å². The molecule has 0 radical (unpaired) electrons.